The average molecular weight is 472 g/mol. The zero-order valence-electron chi connectivity index (χ0n) is 16.9. The molecule has 11 heteroatoms. The van der Waals surface area contributed by atoms with E-state index < -0.39 is 10.8 Å². The molecule has 1 unspecified atom stereocenters. The number of amides is 2. The van der Waals surface area contributed by atoms with Crippen LogP contribution in [-0.4, -0.2) is 33.5 Å². The third kappa shape index (κ3) is 4.46. The van der Waals surface area contributed by atoms with Crippen LogP contribution in [0.2, 0.25) is 5.02 Å². The second-order valence-electron chi connectivity index (χ2n) is 7.25. The van der Waals surface area contributed by atoms with Crippen molar-refractivity contribution in [2.24, 2.45) is 0 Å². The van der Waals surface area contributed by atoms with E-state index in [1.807, 2.05) is 24.3 Å². The van der Waals surface area contributed by atoms with Gasteiger partial charge in [-0.25, -0.2) is 0 Å². The molecular formula is C21H18ClN5O4S. The number of non-ortho nitro benzene ring substituents is 1. The lowest BCUT2D eigenvalue weighted by Crippen LogP contribution is -2.24. The number of rotatable bonds is 6. The number of nitrogens with one attached hydrogen (secondary N) is 1. The Labute approximate surface area is 192 Å². The van der Waals surface area contributed by atoms with Crippen molar-refractivity contribution in [3.8, 4) is 0 Å². The molecule has 0 spiro atoms. The highest BCUT2D eigenvalue weighted by Gasteiger charge is 2.34. The van der Waals surface area contributed by atoms with Crippen LogP contribution in [0.4, 0.5) is 16.5 Å². The van der Waals surface area contributed by atoms with E-state index >= 15 is 0 Å². The van der Waals surface area contributed by atoms with Gasteiger partial charge in [0.05, 0.1) is 15.5 Å². The molecule has 0 aliphatic carbocycles. The Morgan fingerprint density at radius 3 is 2.72 bits per heavy atom. The maximum Gasteiger partial charge on any atom is 0.270 e. The van der Waals surface area contributed by atoms with E-state index in [0.717, 1.165) is 29.5 Å². The molecule has 164 valence electrons. The fourth-order valence-electron chi connectivity index (χ4n) is 3.45. The number of nitro benzene ring substituents is 1. The summed E-state index contributed by atoms with van der Waals surface area (Å²) < 4.78 is 0. The smallest absolute Gasteiger partial charge is 0.270 e. The first-order chi connectivity index (χ1) is 15.4. The fourth-order valence-corrected chi connectivity index (χ4v) is 4.48. The number of carbonyl (C=O) groups excluding carboxylic acids is 2. The molecule has 1 aliphatic rings. The molecule has 1 N–H and O–H groups in total. The molecule has 1 atom stereocenters. The van der Waals surface area contributed by atoms with Crippen molar-refractivity contribution in [2.45, 2.75) is 25.7 Å². The number of carbonyl (C=O) groups is 2. The van der Waals surface area contributed by atoms with Gasteiger partial charge in [0, 0.05) is 36.7 Å². The van der Waals surface area contributed by atoms with Crippen molar-refractivity contribution < 1.29 is 14.5 Å². The summed E-state index contributed by atoms with van der Waals surface area (Å²) in [6.07, 6.45) is 1.23. The Bertz CT molecular complexity index is 1200. The second-order valence-corrected chi connectivity index (χ2v) is 8.66. The molecule has 1 saturated heterocycles. The summed E-state index contributed by atoms with van der Waals surface area (Å²) in [5, 5.41) is 22.6. The third-order valence-electron chi connectivity index (χ3n) is 5.20. The number of aryl methyl sites for hydroxylation is 1. The molecule has 0 bridgehead atoms. The zero-order chi connectivity index (χ0) is 22.8. The zero-order valence-corrected chi connectivity index (χ0v) is 18.5. The molecule has 32 heavy (non-hydrogen) atoms. The van der Waals surface area contributed by atoms with Gasteiger partial charge >= 0.3 is 0 Å². The van der Waals surface area contributed by atoms with E-state index in [-0.39, 0.29) is 33.2 Å². The first-order valence-electron chi connectivity index (χ1n) is 9.83. The lowest BCUT2D eigenvalue weighted by molar-refractivity contribution is -0.384. The van der Waals surface area contributed by atoms with Gasteiger partial charge in [0.15, 0.2) is 0 Å². The van der Waals surface area contributed by atoms with Crippen molar-refractivity contribution in [1.82, 2.24) is 10.2 Å². The number of hydrogen-bond donors (Lipinski definition) is 1. The molecule has 2 heterocycles. The van der Waals surface area contributed by atoms with Gasteiger partial charge in [-0.3, -0.25) is 25.0 Å². The van der Waals surface area contributed by atoms with Gasteiger partial charge in [-0.15, -0.1) is 10.2 Å². The minimum atomic E-state index is -0.624. The maximum atomic E-state index is 12.5. The summed E-state index contributed by atoms with van der Waals surface area (Å²) in [5.74, 6) is -0.761. The number of hydrogen-bond acceptors (Lipinski definition) is 7. The number of benzene rings is 2. The lowest BCUT2D eigenvalue weighted by Gasteiger charge is -2.16. The normalized spacial score (nSPS) is 15.8. The van der Waals surface area contributed by atoms with Crippen LogP contribution < -0.4 is 10.2 Å². The van der Waals surface area contributed by atoms with Crippen LogP contribution in [0.15, 0.2) is 42.5 Å². The van der Waals surface area contributed by atoms with Gasteiger partial charge in [-0.05, 0) is 30.2 Å². The van der Waals surface area contributed by atoms with Crippen molar-refractivity contribution in [1.29, 1.82) is 0 Å². The minimum absolute atomic E-state index is 0.00316. The lowest BCUT2D eigenvalue weighted by atomic mass is 10.1. The molecule has 1 fully saturated rings. The van der Waals surface area contributed by atoms with Crippen LogP contribution in [0.1, 0.15) is 40.2 Å². The largest absolute Gasteiger partial charge is 0.312 e. The monoisotopic (exact) mass is 471 g/mol. The molecule has 2 aromatic carbocycles. The fraction of sp³-hybridized carbons (Fsp3) is 0.238. The maximum absolute atomic E-state index is 12.5. The Hall–Kier alpha value is -3.37. The second kappa shape index (κ2) is 9.01. The quantitative estimate of drug-likeness (QED) is 0.419. The Balaban J connectivity index is 1.46. The Kier molecular flexibility index (Phi) is 6.15. The van der Waals surface area contributed by atoms with Gasteiger partial charge in [0.2, 0.25) is 11.0 Å². The van der Waals surface area contributed by atoms with Crippen LogP contribution in [0.25, 0.3) is 0 Å². The molecule has 0 saturated carbocycles. The van der Waals surface area contributed by atoms with Crippen molar-refractivity contribution in [3.05, 3.63) is 73.7 Å². The van der Waals surface area contributed by atoms with Crippen LogP contribution in [-0.2, 0) is 11.2 Å². The van der Waals surface area contributed by atoms with E-state index in [1.165, 1.54) is 17.7 Å². The molecule has 1 aliphatic heterocycles. The minimum Gasteiger partial charge on any atom is -0.312 e. The summed E-state index contributed by atoms with van der Waals surface area (Å²) in [4.78, 5) is 37.2. The molecule has 3 aromatic rings. The molecule has 1 aromatic heterocycles. The van der Waals surface area contributed by atoms with E-state index in [9.17, 15) is 19.7 Å². The van der Waals surface area contributed by atoms with Crippen molar-refractivity contribution >= 4 is 51.3 Å². The van der Waals surface area contributed by atoms with Gasteiger partial charge < -0.3 is 4.90 Å². The van der Waals surface area contributed by atoms with Crippen LogP contribution in [0.5, 0.6) is 0 Å². The van der Waals surface area contributed by atoms with Gasteiger partial charge in [-0.2, -0.15) is 0 Å². The number of nitro groups is 1. The van der Waals surface area contributed by atoms with E-state index in [0.29, 0.717) is 18.0 Å². The summed E-state index contributed by atoms with van der Waals surface area (Å²) >= 11 is 7.19. The molecule has 2 amide bonds. The number of anilines is 2. The van der Waals surface area contributed by atoms with Gasteiger partial charge in [0.1, 0.15) is 5.01 Å². The first kappa shape index (κ1) is 21.8. The Morgan fingerprint density at radius 1 is 1.28 bits per heavy atom. The third-order valence-corrected chi connectivity index (χ3v) is 6.53. The predicted molar refractivity (Wildman–Crippen MR) is 121 cm³/mol. The SMILES string of the molecule is CCc1ccc(N2CC(c3nnc(NC(=O)c4cc([N+](=O)[O-])ccc4Cl)s3)CC2=O)cc1. The molecular weight excluding hydrogens is 454 g/mol. The highest BCUT2D eigenvalue weighted by molar-refractivity contribution is 7.15. The number of halogens is 1. The van der Waals surface area contributed by atoms with E-state index in [1.54, 1.807) is 4.90 Å². The molecule has 4 rings (SSSR count). The van der Waals surface area contributed by atoms with E-state index in [2.05, 4.69) is 22.4 Å². The molecule has 0 radical (unpaired) electrons. The highest BCUT2D eigenvalue weighted by atomic mass is 35.5. The first-order valence-corrected chi connectivity index (χ1v) is 11.0. The van der Waals surface area contributed by atoms with Gasteiger partial charge in [-0.1, -0.05) is 42.0 Å². The topological polar surface area (TPSA) is 118 Å². The van der Waals surface area contributed by atoms with Crippen LogP contribution in [0.3, 0.4) is 0 Å². The number of aromatic nitrogens is 2. The average Bonchev–Trinajstić information content (AvgIpc) is 3.40. The highest BCUT2D eigenvalue weighted by Crippen LogP contribution is 2.34. The Morgan fingerprint density at radius 2 is 2.03 bits per heavy atom. The van der Waals surface area contributed by atoms with Crippen LogP contribution in [0, 0.1) is 10.1 Å². The number of nitrogens with zero attached hydrogens (tertiary/aromatic N) is 4. The van der Waals surface area contributed by atoms with Gasteiger partial charge in [0.25, 0.3) is 11.6 Å². The summed E-state index contributed by atoms with van der Waals surface area (Å²) in [6, 6.07) is 11.5. The summed E-state index contributed by atoms with van der Waals surface area (Å²) in [5.41, 5.74) is 1.77. The van der Waals surface area contributed by atoms with Crippen LogP contribution >= 0.6 is 22.9 Å². The predicted octanol–water partition coefficient (Wildman–Crippen LogP) is 4.43. The molecule has 9 nitrogen and oxygen atoms in total. The summed E-state index contributed by atoms with van der Waals surface area (Å²) in [6.45, 7) is 2.55. The summed E-state index contributed by atoms with van der Waals surface area (Å²) in [7, 11) is 0. The van der Waals surface area contributed by atoms with Crippen molar-refractivity contribution in [2.75, 3.05) is 16.8 Å². The van der Waals surface area contributed by atoms with E-state index in [4.69, 9.17) is 11.6 Å². The van der Waals surface area contributed by atoms with Crippen molar-refractivity contribution in [3.63, 3.8) is 0 Å². The standard InChI is InChI=1S/C21H18ClN5O4S/c1-2-12-3-5-14(6-4-12)26-11-13(9-18(26)28)20-24-25-21(32-20)23-19(29)16-10-15(27(30)31)7-8-17(16)22/h3-8,10,13H,2,9,11H2,1H3,(H,23,25,29).